The Bertz CT molecular complexity index is 1160. The van der Waals surface area contributed by atoms with E-state index in [-0.39, 0.29) is 23.5 Å². The summed E-state index contributed by atoms with van der Waals surface area (Å²) in [4.78, 5) is 39.1. The summed E-state index contributed by atoms with van der Waals surface area (Å²) in [5.74, 6) is -1.90. The van der Waals surface area contributed by atoms with Gasteiger partial charge in [-0.1, -0.05) is 0 Å². The smallest absolute Gasteiger partial charge is 0.294 e. The molecule has 1 heterocycles. The number of ketones is 1. The topological polar surface area (TPSA) is 100 Å². The minimum Gasteiger partial charge on any atom is -0.393 e. The van der Waals surface area contributed by atoms with E-state index in [9.17, 15) is 23.9 Å². The zero-order valence-electron chi connectivity index (χ0n) is 20.1. The molecule has 1 aromatic heterocycles. The monoisotopic (exact) mass is 469 g/mol. The van der Waals surface area contributed by atoms with Crippen LogP contribution in [0.4, 0.5) is 10.1 Å². The number of halogens is 1. The maximum absolute atomic E-state index is 14.1. The second-order valence-electron chi connectivity index (χ2n) is 10.0. The summed E-state index contributed by atoms with van der Waals surface area (Å²) in [6.45, 7) is 5.26. The Morgan fingerprint density at radius 1 is 1.12 bits per heavy atom. The summed E-state index contributed by atoms with van der Waals surface area (Å²) in [7, 11) is 1.65. The Balaban J connectivity index is 1.54. The highest BCUT2D eigenvalue weighted by Gasteiger charge is 2.35. The number of nitrogens with zero attached hydrogens (tertiary/aromatic N) is 1. The van der Waals surface area contributed by atoms with Crippen LogP contribution in [0.3, 0.4) is 0 Å². The summed E-state index contributed by atoms with van der Waals surface area (Å²) in [6, 6.07) is 4.55. The molecule has 0 saturated heterocycles. The number of carbonyl (C=O) groups excluding carboxylic acids is 3. The fourth-order valence-corrected chi connectivity index (χ4v) is 4.96. The Morgan fingerprint density at radius 2 is 1.76 bits per heavy atom. The van der Waals surface area contributed by atoms with Gasteiger partial charge in [-0.3, -0.25) is 14.4 Å². The first kappa shape index (κ1) is 24.1. The van der Waals surface area contributed by atoms with Crippen molar-refractivity contribution >= 4 is 23.3 Å². The van der Waals surface area contributed by atoms with Crippen LogP contribution in [0.25, 0.3) is 0 Å². The second kappa shape index (κ2) is 8.98. The Kier molecular flexibility index (Phi) is 6.38. The summed E-state index contributed by atoms with van der Waals surface area (Å²) >= 11 is 0. The number of hydrogen-bond acceptors (Lipinski definition) is 4. The molecular formula is C26H32FN3O4. The van der Waals surface area contributed by atoms with E-state index in [1.807, 2.05) is 6.92 Å². The molecule has 3 N–H and O–H groups in total. The number of aliphatic hydroxyl groups excluding tert-OH is 1. The molecule has 182 valence electrons. The van der Waals surface area contributed by atoms with E-state index in [1.54, 1.807) is 31.5 Å². The molecular weight excluding hydrogens is 437 g/mol. The van der Waals surface area contributed by atoms with Crippen LogP contribution in [0.15, 0.2) is 18.2 Å². The van der Waals surface area contributed by atoms with Gasteiger partial charge >= 0.3 is 0 Å². The van der Waals surface area contributed by atoms with Crippen molar-refractivity contribution in [2.75, 3.05) is 5.32 Å². The van der Waals surface area contributed by atoms with Crippen LogP contribution >= 0.6 is 0 Å². The highest BCUT2D eigenvalue weighted by molar-refractivity contribution is 6.43. The number of aliphatic hydroxyl groups is 1. The maximum atomic E-state index is 14.1. The normalized spacial score (nSPS) is 22.4. The van der Waals surface area contributed by atoms with Crippen LogP contribution < -0.4 is 10.6 Å². The minimum absolute atomic E-state index is 0.164. The average Bonchev–Trinajstić information content (AvgIpc) is 3.59. The van der Waals surface area contributed by atoms with E-state index in [4.69, 9.17) is 0 Å². The highest BCUT2D eigenvalue weighted by Crippen LogP contribution is 2.42. The molecule has 34 heavy (non-hydrogen) atoms. The van der Waals surface area contributed by atoms with Gasteiger partial charge in [-0.2, -0.15) is 0 Å². The zero-order chi connectivity index (χ0) is 24.8. The number of carbonyl (C=O) groups is 3. The molecule has 0 atom stereocenters. The van der Waals surface area contributed by atoms with Gasteiger partial charge < -0.3 is 20.3 Å². The summed E-state index contributed by atoms with van der Waals surface area (Å²) in [5, 5.41) is 15.4. The van der Waals surface area contributed by atoms with Crippen molar-refractivity contribution in [1.29, 1.82) is 0 Å². The third-order valence-electron chi connectivity index (χ3n) is 7.32. The standard InChI is InChI=1S/C26H32FN3O4/c1-14-21(24(33)28-17-7-8-20(27)19(13-17)16-5-6-16)15(2)30(4)22(14)23(32)25(34)29-26(3)11-9-18(31)10-12-26/h7-8,13,16,18,31H,5-6,9-12H2,1-4H3,(H,28,33)(H,29,34)/t18-,26-. The predicted octanol–water partition coefficient (Wildman–Crippen LogP) is 3.90. The van der Waals surface area contributed by atoms with E-state index >= 15 is 0 Å². The van der Waals surface area contributed by atoms with Crippen LogP contribution in [0.5, 0.6) is 0 Å². The van der Waals surface area contributed by atoms with E-state index in [0.717, 1.165) is 12.8 Å². The summed E-state index contributed by atoms with van der Waals surface area (Å²) in [5.41, 5.74) is 2.02. The lowest BCUT2D eigenvalue weighted by Gasteiger charge is -2.36. The van der Waals surface area contributed by atoms with Crippen molar-refractivity contribution in [3.8, 4) is 0 Å². The second-order valence-corrected chi connectivity index (χ2v) is 10.0. The number of rotatable bonds is 6. The highest BCUT2D eigenvalue weighted by atomic mass is 19.1. The van der Waals surface area contributed by atoms with Crippen molar-refractivity contribution in [1.82, 2.24) is 9.88 Å². The number of nitrogens with one attached hydrogen (secondary N) is 2. The Hall–Kier alpha value is -3.00. The average molecular weight is 470 g/mol. The van der Waals surface area contributed by atoms with Crippen molar-refractivity contribution in [3.05, 3.63) is 52.1 Å². The van der Waals surface area contributed by atoms with Crippen molar-refractivity contribution in [2.24, 2.45) is 7.05 Å². The molecule has 2 aliphatic carbocycles. The first-order valence-electron chi connectivity index (χ1n) is 11.8. The van der Waals surface area contributed by atoms with Crippen LogP contribution in [0.1, 0.15) is 89.0 Å². The molecule has 0 aliphatic heterocycles. The first-order valence-corrected chi connectivity index (χ1v) is 11.8. The molecule has 0 unspecified atom stereocenters. The van der Waals surface area contributed by atoms with Gasteiger partial charge in [-0.05, 0) is 94.5 Å². The molecule has 2 amide bonds. The number of aromatic nitrogens is 1. The van der Waals surface area contributed by atoms with Crippen LogP contribution in [0.2, 0.25) is 0 Å². The Morgan fingerprint density at radius 3 is 2.38 bits per heavy atom. The molecule has 0 radical (unpaired) electrons. The van der Waals surface area contributed by atoms with Crippen molar-refractivity contribution in [3.63, 3.8) is 0 Å². The SMILES string of the molecule is Cc1c(C(=O)Nc2ccc(F)c(C3CC3)c2)c(C)n(C)c1C(=O)C(=O)N[C@]1(C)CC[C@@H](O)CC1. The molecule has 1 aromatic carbocycles. The van der Waals surface area contributed by atoms with Crippen LogP contribution in [-0.4, -0.2) is 38.9 Å². The largest absolute Gasteiger partial charge is 0.393 e. The van der Waals surface area contributed by atoms with Gasteiger partial charge in [-0.15, -0.1) is 0 Å². The van der Waals surface area contributed by atoms with E-state index in [0.29, 0.717) is 53.8 Å². The van der Waals surface area contributed by atoms with Gasteiger partial charge in [-0.25, -0.2) is 4.39 Å². The number of amides is 2. The van der Waals surface area contributed by atoms with Crippen molar-refractivity contribution in [2.45, 2.75) is 76.9 Å². The lowest BCUT2D eigenvalue weighted by Crippen LogP contribution is -2.51. The van der Waals surface area contributed by atoms with Gasteiger partial charge in [0.2, 0.25) is 0 Å². The van der Waals surface area contributed by atoms with E-state index < -0.39 is 23.1 Å². The zero-order valence-corrected chi connectivity index (χ0v) is 20.1. The third kappa shape index (κ3) is 4.64. The molecule has 2 saturated carbocycles. The van der Waals surface area contributed by atoms with Crippen molar-refractivity contribution < 1.29 is 23.9 Å². The van der Waals surface area contributed by atoms with Crippen LogP contribution in [0, 0.1) is 19.7 Å². The molecule has 2 aliphatic rings. The number of Topliss-reactive ketones (excluding diaryl/α,β-unsaturated/α-hetero) is 1. The quantitative estimate of drug-likeness (QED) is 0.441. The molecule has 2 aromatic rings. The molecule has 4 rings (SSSR count). The van der Waals surface area contributed by atoms with Gasteiger partial charge in [0.25, 0.3) is 17.6 Å². The lowest BCUT2D eigenvalue weighted by atomic mass is 9.82. The molecule has 2 fully saturated rings. The fraction of sp³-hybridized carbons (Fsp3) is 0.500. The predicted molar refractivity (Wildman–Crippen MR) is 127 cm³/mol. The Labute approximate surface area is 198 Å². The molecule has 0 bridgehead atoms. The number of hydrogen-bond donors (Lipinski definition) is 3. The van der Waals surface area contributed by atoms with Gasteiger partial charge in [0.05, 0.1) is 17.4 Å². The molecule has 7 nitrogen and oxygen atoms in total. The first-order chi connectivity index (χ1) is 16.0. The summed E-state index contributed by atoms with van der Waals surface area (Å²) < 4.78 is 15.6. The molecule has 8 heteroatoms. The molecule has 0 spiro atoms. The number of benzene rings is 1. The minimum atomic E-state index is -0.720. The summed E-state index contributed by atoms with van der Waals surface area (Å²) in [6.07, 6.45) is 3.84. The van der Waals surface area contributed by atoms with E-state index in [2.05, 4.69) is 10.6 Å². The number of anilines is 1. The van der Waals surface area contributed by atoms with E-state index in [1.165, 1.54) is 12.1 Å². The lowest BCUT2D eigenvalue weighted by molar-refractivity contribution is -0.119. The maximum Gasteiger partial charge on any atom is 0.294 e. The third-order valence-corrected chi connectivity index (χ3v) is 7.32. The van der Waals surface area contributed by atoms with Gasteiger partial charge in [0.1, 0.15) is 5.82 Å². The fourth-order valence-electron chi connectivity index (χ4n) is 4.96. The van der Waals surface area contributed by atoms with Crippen LogP contribution in [-0.2, 0) is 11.8 Å². The van der Waals surface area contributed by atoms with Gasteiger partial charge in [0.15, 0.2) is 0 Å². The van der Waals surface area contributed by atoms with Gasteiger partial charge in [0, 0.05) is 24.0 Å².